The van der Waals surface area contributed by atoms with Gasteiger partial charge in [0.05, 0.1) is 6.04 Å². The van der Waals surface area contributed by atoms with E-state index < -0.39 is 0 Å². The second-order valence-electron chi connectivity index (χ2n) is 6.65. The molecule has 3 rings (SSSR count). The van der Waals surface area contributed by atoms with E-state index in [1.165, 1.54) is 0 Å². The fourth-order valence-electron chi connectivity index (χ4n) is 3.12. The summed E-state index contributed by atoms with van der Waals surface area (Å²) >= 11 is 5.88. The Bertz CT molecular complexity index is 668. The van der Waals surface area contributed by atoms with Crippen LogP contribution in [-0.4, -0.2) is 59.3 Å². The van der Waals surface area contributed by atoms with Crippen LogP contribution in [0.4, 0.5) is 0 Å². The summed E-state index contributed by atoms with van der Waals surface area (Å²) in [6.45, 7) is 9.89. The number of aromatic nitrogens is 2. The van der Waals surface area contributed by atoms with Crippen molar-refractivity contribution >= 4 is 11.6 Å². The number of nitrogens with zero attached hydrogens (tertiary/aromatic N) is 4. The number of hydrogen-bond donors (Lipinski definition) is 0. The van der Waals surface area contributed by atoms with Crippen LogP contribution in [0.3, 0.4) is 0 Å². The monoisotopic (exact) mass is 378 g/mol. The molecule has 0 aliphatic carbocycles. The number of rotatable bonds is 8. The number of ether oxygens (including phenoxy) is 1. The maximum Gasteiger partial charge on any atom is 0.243 e. The first-order valence-electron chi connectivity index (χ1n) is 9.33. The van der Waals surface area contributed by atoms with Gasteiger partial charge in [-0.1, -0.05) is 23.7 Å². The Morgan fingerprint density at radius 3 is 2.62 bits per heavy atom. The van der Waals surface area contributed by atoms with Crippen molar-refractivity contribution < 1.29 is 9.26 Å². The van der Waals surface area contributed by atoms with Crippen molar-refractivity contribution in [2.45, 2.75) is 32.7 Å². The molecule has 0 radical (unpaired) electrons. The molecule has 1 aliphatic rings. The number of piperazine rings is 1. The maximum atomic E-state index is 5.88. The van der Waals surface area contributed by atoms with Crippen molar-refractivity contribution in [3.63, 3.8) is 0 Å². The van der Waals surface area contributed by atoms with Gasteiger partial charge in [-0.15, -0.1) is 0 Å². The second-order valence-corrected chi connectivity index (χ2v) is 7.09. The highest BCUT2D eigenvalue weighted by Crippen LogP contribution is 2.20. The van der Waals surface area contributed by atoms with Crippen molar-refractivity contribution in [2.24, 2.45) is 0 Å². The van der Waals surface area contributed by atoms with Gasteiger partial charge >= 0.3 is 0 Å². The van der Waals surface area contributed by atoms with Gasteiger partial charge in [-0.05, 0) is 37.6 Å². The van der Waals surface area contributed by atoms with Crippen LogP contribution in [0.25, 0.3) is 0 Å². The predicted octanol–water partition coefficient (Wildman–Crippen LogP) is 3.43. The fraction of sp³-hybridized carbons (Fsp3) is 0.579. The van der Waals surface area contributed by atoms with Crippen molar-refractivity contribution in [2.75, 3.05) is 39.3 Å². The smallest absolute Gasteiger partial charge is 0.243 e. The summed E-state index contributed by atoms with van der Waals surface area (Å²) in [4.78, 5) is 9.35. The van der Waals surface area contributed by atoms with Crippen LogP contribution in [0.5, 0.6) is 5.75 Å². The minimum atomic E-state index is 0.167. The average Bonchev–Trinajstić information content (AvgIpc) is 3.12. The van der Waals surface area contributed by atoms with Crippen molar-refractivity contribution in [1.82, 2.24) is 19.9 Å². The zero-order valence-electron chi connectivity index (χ0n) is 15.5. The molecule has 7 heteroatoms. The molecule has 0 amide bonds. The van der Waals surface area contributed by atoms with Crippen LogP contribution >= 0.6 is 11.6 Å². The molecule has 0 spiro atoms. The molecule has 0 N–H and O–H groups in total. The van der Waals surface area contributed by atoms with Gasteiger partial charge in [-0.2, -0.15) is 4.98 Å². The molecule has 142 valence electrons. The summed E-state index contributed by atoms with van der Waals surface area (Å²) in [6, 6.07) is 7.67. The Morgan fingerprint density at radius 2 is 1.92 bits per heavy atom. The number of hydrogen-bond acceptors (Lipinski definition) is 6. The van der Waals surface area contributed by atoms with Gasteiger partial charge in [0.25, 0.3) is 0 Å². The summed E-state index contributed by atoms with van der Waals surface area (Å²) in [5.74, 6) is 2.40. The van der Waals surface area contributed by atoms with E-state index in [0.717, 1.165) is 68.1 Å². The Hall–Kier alpha value is -1.63. The zero-order valence-corrected chi connectivity index (χ0v) is 16.3. The van der Waals surface area contributed by atoms with Gasteiger partial charge in [0.2, 0.25) is 5.89 Å². The summed E-state index contributed by atoms with van der Waals surface area (Å²) in [6.07, 6.45) is 1.90. The van der Waals surface area contributed by atoms with Crippen molar-refractivity contribution in [3.05, 3.63) is 41.0 Å². The van der Waals surface area contributed by atoms with Crippen molar-refractivity contribution in [3.8, 4) is 5.75 Å². The molecule has 2 aromatic rings. The molecule has 1 fully saturated rings. The van der Waals surface area contributed by atoms with Crippen LogP contribution < -0.4 is 4.74 Å². The van der Waals surface area contributed by atoms with E-state index in [4.69, 9.17) is 20.9 Å². The summed E-state index contributed by atoms with van der Waals surface area (Å²) in [5, 5.41) is 4.79. The Labute approximate surface area is 160 Å². The third-order valence-electron chi connectivity index (χ3n) is 4.76. The Balaban J connectivity index is 1.39. The Kier molecular flexibility index (Phi) is 6.88. The van der Waals surface area contributed by atoms with E-state index in [1.807, 2.05) is 24.3 Å². The van der Waals surface area contributed by atoms with E-state index in [-0.39, 0.29) is 6.04 Å². The van der Waals surface area contributed by atoms with Gasteiger partial charge in [0.15, 0.2) is 5.82 Å². The highest BCUT2D eigenvalue weighted by Gasteiger charge is 2.25. The lowest BCUT2D eigenvalue weighted by atomic mass is 10.2. The van der Waals surface area contributed by atoms with Crippen LogP contribution in [0.15, 0.2) is 28.8 Å². The first-order chi connectivity index (χ1) is 12.7. The van der Waals surface area contributed by atoms with E-state index in [2.05, 4.69) is 33.8 Å². The maximum absolute atomic E-state index is 5.88. The molecule has 1 aromatic carbocycles. The molecule has 0 saturated carbocycles. The van der Waals surface area contributed by atoms with Gasteiger partial charge in [0, 0.05) is 44.2 Å². The number of halogens is 1. The largest absolute Gasteiger partial charge is 0.492 e. The topological polar surface area (TPSA) is 54.6 Å². The molecule has 0 unspecified atom stereocenters. The van der Waals surface area contributed by atoms with E-state index in [9.17, 15) is 0 Å². The van der Waals surface area contributed by atoms with Crippen LogP contribution in [0, 0.1) is 0 Å². The molecule has 0 bridgehead atoms. The lowest BCUT2D eigenvalue weighted by Gasteiger charge is -2.36. The zero-order chi connectivity index (χ0) is 18.4. The predicted molar refractivity (Wildman–Crippen MR) is 102 cm³/mol. The SMILES string of the molecule is CCCc1noc([C@@H](C)N2CCN(CCOc3ccc(Cl)cc3)CC2)n1. The normalized spacial score (nSPS) is 17.3. The van der Waals surface area contributed by atoms with Crippen molar-refractivity contribution in [1.29, 1.82) is 0 Å². The number of benzene rings is 1. The first-order valence-corrected chi connectivity index (χ1v) is 9.70. The molecular weight excluding hydrogens is 352 g/mol. The Morgan fingerprint density at radius 1 is 1.19 bits per heavy atom. The minimum absolute atomic E-state index is 0.167. The lowest BCUT2D eigenvalue weighted by Crippen LogP contribution is -2.48. The van der Waals surface area contributed by atoms with Gasteiger partial charge in [-0.25, -0.2) is 0 Å². The number of aryl methyl sites for hydroxylation is 1. The standard InChI is InChI=1S/C19H27ClN4O2/c1-3-4-18-21-19(26-22-18)15(2)24-11-9-23(10-12-24)13-14-25-17-7-5-16(20)6-8-17/h5-8,15H,3-4,9-14H2,1-2H3/t15-/m1/s1. The van der Waals surface area contributed by atoms with Crippen LogP contribution in [-0.2, 0) is 6.42 Å². The molecule has 1 aliphatic heterocycles. The summed E-state index contributed by atoms with van der Waals surface area (Å²) < 4.78 is 11.2. The first kappa shape index (κ1) is 19.1. The highest BCUT2D eigenvalue weighted by molar-refractivity contribution is 6.30. The van der Waals surface area contributed by atoms with E-state index >= 15 is 0 Å². The molecule has 26 heavy (non-hydrogen) atoms. The second kappa shape index (κ2) is 9.35. The third-order valence-corrected chi connectivity index (χ3v) is 5.01. The minimum Gasteiger partial charge on any atom is -0.492 e. The van der Waals surface area contributed by atoms with Gasteiger partial charge in [-0.3, -0.25) is 9.80 Å². The van der Waals surface area contributed by atoms with Crippen LogP contribution in [0.2, 0.25) is 5.02 Å². The summed E-state index contributed by atoms with van der Waals surface area (Å²) in [7, 11) is 0. The molecule has 2 heterocycles. The lowest BCUT2D eigenvalue weighted by molar-refractivity contribution is 0.0800. The highest BCUT2D eigenvalue weighted by atomic mass is 35.5. The molecule has 1 aromatic heterocycles. The average molecular weight is 379 g/mol. The van der Waals surface area contributed by atoms with Gasteiger partial charge in [0.1, 0.15) is 12.4 Å². The third kappa shape index (κ3) is 5.19. The quantitative estimate of drug-likeness (QED) is 0.701. The van der Waals surface area contributed by atoms with Gasteiger partial charge < -0.3 is 9.26 Å². The van der Waals surface area contributed by atoms with E-state index in [0.29, 0.717) is 6.61 Å². The molecule has 6 nitrogen and oxygen atoms in total. The van der Waals surface area contributed by atoms with E-state index in [1.54, 1.807) is 0 Å². The fourth-order valence-corrected chi connectivity index (χ4v) is 3.24. The molecule has 1 atom stereocenters. The molecular formula is C19H27ClN4O2. The molecule has 1 saturated heterocycles. The summed E-state index contributed by atoms with van der Waals surface area (Å²) in [5.41, 5.74) is 0. The van der Waals surface area contributed by atoms with Crippen LogP contribution in [0.1, 0.15) is 38.0 Å².